The van der Waals surface area contributed by atoms with Crippen LogP contribution in [0.5, 0.6) is 17.2 Å². The van der Waals surface area contributed by atoms with E-state index in [1.807, 2.05) is 0 Å². The van der Waals surface area contributed by atoms with E-state index in [0.717, 1.165) is 16.8 Å². The van der Waals surface area contributed by atoms with Crippen LogP contribution >= 0.6 is 24.0 Å². The van der Waals surface area contributed by atoms with Gasteiger partial charge in [0, 0.05) is 5.56 Å². The van der Waals surface area contributed by atoms with Crippen LogP contribution in [0.4, 0.5) is 0 Å². The molecule has 1 saturated heterocycles. The van der Waals surface area contributed by atoms with Gasteiger partial charge in [-0.1, -0.05) is 23.9 Å². The minimum absolute atomic E-state index is 0.0370. The Morgan fingerprint density at radius 3 is 2.64 bits per heavy atom. The van der Waals surface area contributed by atoms with Crippen LogP contribution in [-0.2, 0) is 4.79 Å². The lowest BCUT2D eigenvalue weighted by molar-refractivity contribution is -0.123. The average Bonchev–Trinajstić information content (AvgIpc) is 2.95. The summed E-state index contributed by atoms with van der Waals surface area (Å²) in [6.45, 7) is 0. The van der Waals surface area contributed by atoms with Crippen molar-refractivity contribution in [1.29, 1.82) is 0 Å². The van der Waals surface area contributed by atoms with Crippen molar-refractivity contribution < 1.29 is 24.2 Å². The third kappa shape index (κ3) is 3.95. The number of aromatic hydroxyl groups is 1. The molecule has 3 rings (SSSR count). The molecule has 0 aromatic heterocycles. The zero-order chi connectivity index (χ0) is 20.3. The number of thiocarbonyl (C=S) groups is 1. The number of methoxy groups -OCH3 is 2. The Labute approximate surface area is 170 Å². The van der Waals surface area contributed by atoms with E-state index in [1.54, 1.807) is 43.5 Å². The molecule has 0 radical (unpaired) electrons. The number of nitrogens with zero attached hydrogens (tertiary/aromatic N) is 1. The molecule has 1 fully saturated rings. The van der Waals surface area contributed by atoms with Gasteiger partial charge < -0.3 is 14.6 Å². The van der Waals surface area contributed by atoms with E-state index in [2.05, 4.69) is 5.43 Å². The molecule has 0 atom stereocenters. The second kappa shape index (κ2) is 8.32. The second-order valence-corrected chi connectivity index (χ2v) is 7.26. The van der Waals surface area contributed by atoms with Gasteiger partial charge in [0.1, 0.15) is 17.2 Å². The van der Waals surface area contributed by atoms with Crippen molar-refractivity contribution in [2.45, 2.75) is 0 Å². The van der Waals surface area contributed by atoms with Crippen LogP contribution in [0.25, 0.3) is 6.08 Å². The first kappa shape index (κ1) is 19.7. The van der Waals surface area contributed by atoms with Gasteiger partial charge in [0.05, 0.1) is 24.7 Å². The number of para-hydroxylation sites is 1. The van der Waals surface area contributed by atoms with Crippen molar-refractivity contribution in [2.24, 2.45) is 0 Å². The maximum Gasteiger partial charge on any atom is 0.285 e. The fourth-order valence-corrected chi connectivity index (χ4v) is 3.66. The molecule has 0 unspecified atom stereocenters. The summed E-state index contributed by atoms with van der Waals surface area (Å²) in [6, 6.07) is 11.2. The molecule has 2 amide bonds. The molecule has 0 aliphatic carbocycles. The van der Waals surface area contributed by atoms with Gasteiger partial charge in [0.15, 0.2) is 4.32 Å². The predicted molar refractivity (Wildman–Crippen MR) is 110 cm³/mol. The van der Waals surface area contributed by atoms with Crippen molar-refractivity contribution in [1.82, 2.24) is 10.4 Å². The highest BCUT2D eigenvalue weighted by atomic mass is 32.2. The quantitative estimate of drug-likeness (QED) is 0.572. The number of thioether (sulfide) groups is 1. The number of hydrogen-bond acceptors (Lipinski definition) is 7. The van der Waals surface area contributed by atoms with Crippen molar-refractivity contribution in [3.8, 4) is 17.2 Å². The van der Waals surface area contributed by atoms with Gasteiger partial charge in [-0.2, -0.15) is 5.01 Å². The Hall–Kier alpha value is -3.04. The maximum atomic E-state index is 12.7. The number of carbonyl (C=O) groups excluding carboxylic acids is 2. The average molecular weight is 416 g/mol. The van der Waals surface area contributed by atoms with Crippen LogP contribution in [-0.4, -0.2) is 40.5 Å². The summed E-state index contributed by atoms with van der Waals surface area (Å²) in [6.07, 6.45) is 1.62. The first-order valence-electron chi connectivity index (χ1n) is 8.03. The fraction of sp³-hybridized carbons (Fsp3) is 0.105. The summed E-state index contributed by atoms with van der Waals surface area (Å²) < 4.78 is 10.7. The summed E-state index contributed by atoms with van der Waals surface area (Å²) in [5.74, 6) is -0.153. The lowest BCUT2D eigenvalue weighted by Crippen LogP contribution is -2.44. The number of hydrogen-bond donors (Lipinski definition) is 2. The Bertz CT molecular complexity index is 990. The molecule has 0 saturated carbocycles. The van der Waals surface area contributed by atoms with Crippen molar-refractivity contribution >= 4 is 46.2 Å². The van der Waals surface area contributed by atoms with Crippen LogP contribution < -0.4 is 14.9 Å². The van der Waals surface area contributed by atoms with E-state index in [9.17, 15) is 14.7 Å². The molecule has 9 heteroatoms. The lowest BCUT2D eigenvalue weighted by Gasteiger charge is -2.16. The van der Waals surface area contributed by atoms with Gasteiger partial charge in [0.25, 0.3) is 11.8 Å². The van der Waals surface area contributed by atoms with Crippen LogP contribution in [0.2, 0.25) is 0 Å². The molecule has 7 nitrogen and oxygen atoms in total. The first-order chi connectivity index (χ1) is 13.4. The molecule has 1 heterocycles. The monoisotopic (exact) mass is 416 g/mol. The van der Waals surface area contributed by atoms with Crippen molar-refractivity contribution in [3.05, 3.63) is 58.5 Å². The zero-order valence-electron chi connectivity index (χ0n) is 15.0. The number of benzene rings is 2. The smallest absolute Gasteiger partial charge is 0.285 e. The minimum Gasteiger partial charge on any atom is -0.507 e. The highest BCUT2D eigenvalue weighted by Gasteiger charge is 2.34. The molecule has 28 heavy (non-hydrogen) atoms. The summed E-state index contributed by atoms with van der Waals surface area (Å²) in [5.41, 5.74) is 3.10. The Kier molecular flexibility index (Phi) is 5.86. The Morgan fingerprint density at radius 2 is 1.96 bits per heavy atom. The van der Waals surface area contributed by atoms with Gasteiger partial charge >= 0.3 is 0 Å². The molecule has 0 spiro atoms. The predicted octanol–water partition coefficient (Wildman–Crippen LogP) is 2.96. The third-order valence-corrected chi connectivity index (χ3v) is 5.18. The van der Waals surface area contributed by atoms with Gasteiger partial charge in [-0.25, -0.2) is 0 Å². The van der Waals surface area contributed by atoms with Crippen LogP contribution in [0.3, 0.4) is 0 Å². The number of phenols is 1. The van der Waals surface area contributed by atoms with Crippen LogP contribution in [0, 0.1) is 0 Å². The molecule has 0 bridgehead atoms. The highest BCUT2D eigenvalue weighted by Crippen LogP contribution is 2.34. The summed E-state index contributed by atoms with van der Waals surface area (Å²) in [4.78, 5) is 25.4. The number of rotatable bonds is 5. The molecule has 2 aromatic rings. The van der Waals surface area contributed by atoms with E-state index in [1.165, 1.54) is 19.2 Å². The topological polar surface area (TPSA) is 88.1 Å². The number of hydrazine groups is 1. The number of ether oxygens (including phenoxy) is 2. The molecule has 2 aromatic carbocycles. The van der Waals surface area contributed by atoms with Gasteiger partial charge in [0.2, 0.25) is 0 Å². The van der Waals surface area contributed by atoms with Gasteiger partial charge in [-0.05, 0) is 48.6 Å². The van der Waals surface area contributed by atoms with Gasteiger partial charge in [-0.15, -0.1) is 0 Å². The molecule has 144 valence electrons. The standard InChI is InChI=1S/C19H16N2O5S2/c1-25-12-7-8-15(26-2)11(9-12)10-16-18(24)21(19(27)28-16)20-17(23)13-5-3-4-6-14(13)22/h3-10,22H,1-2H3,(H,20,23)/b16-10-. The number of phenolic OH excluding ortho intramolecular Hbond substituents is 1. The zero-order valence-corrected chi connectivity index (χ0v) is 16.6. The summed E-state index contributed by atoms with van der Waals surface area (Å²) >= 11 is 6.26. The highest BCUT2D eigenvalue weighted by molar-refractivity contribution is 8.26. The number of nitrogens with one attached hydrogen (secondary N) is 1. The molecule has 1 aliphatic rings. The SMILES string of the molecule is COc1ccc(OC)c(/C=C2\SC(=S)N(NC(=O)c3ccccc3O)C2=O)c1. The van der Waals surface area contributed by atoms with Crippen LogP contribution in [0.1, 0.15) is 15.9 Å². The van der Waals surface area contributed by atoms with E-state index < -0.39 is 11.8 Å². The molecule has 1 aliphatic heterocycles. The fourth-order valence-electron chi connectivity index (χ4n) is 2.48. The van der Waals surface area contributed by atoms with E-state index in [4.69, 9.17) is 21.7 Å². The maximum absolute atomic E-state index is 12.7. The largest absolute Gasteiger partial charge is 0.507 e. The minimum atomic E-state index is -0.644. The molecular formula is C19H16N2O5S2. The van der Waals surface area contributed by atoms with Crippen LogP contribution in [0.15, 0.2) is 47.4 Å². The van der Waals surface area contributed by atoms with Crippen molar-refractivity contribution in [3.63, 3.8) is 0 Å². The summed E-state index contributed by atoms with van der Waals surface area (Å²) in [7, 11) is 3.07. The van der Waals surface area contributed by atoms with Crippen molar-refractivity contribution in [2.75, 3.05) is 14.2 Å². The lowest BCUT2D eigenvalue weighted by atomic mass is 10.1. The molecular weight excluding hydrogens is 400 g/mol. The van der Waals surface area contributed by atoms with Gasteiger partial charge in [-0.3, -0.25) is 15.0 Å². The summed E-state index contributed by atoms with van der Waals surface area (Å²) in [5, 5.41) is 10.8. The normalized spacial score (nSPS) is 15.1. The van der Waals surface area contributed by atoms with E-state index >= 15 is 0 Å². The number of amides is 2. The van der Waals surface area contributed by atoms with E-state index in [-0.39, 0.29) is 15.6 Å². The third-order valence-electron chi connectivity index (χ3n) is 3.88. The number of carbonyl (C=O) groups is 2. The Morgan fingerprint density at radius 1 is 1.21 bits per heavy atom. The first-order valence-corrected chi connectivity index (χ1v) is 9.26. The Balaban J connectivity index is 1.85. The second-order valence-electron chi connectivity index (χ2n) is 5.58. The van der Waals surface area contributed by atoms with E-state index in [0.29, 0.717) is 22.0 Å². The molecule has 2 N–H and O–H groups in total.